The Morgan fingerprint density at radius 2 is 1.65 bits per heavy atom. The lowest BCUT2D eigenvalue weighted by Crippen LogP contribution is -2.15. The van der Waals surface area contributed by atoms with Crippen molar-refractivity contribution in [3.05, 3.63) is 35.6 Å². The highest BCUT2D eigenvalue weighted by molar-refractivity contribution is 6.18. The predicted molar refractivity (Wildman–Crippen MR) is 79.5 cm³/mol. The van der Waals surface area contributed by atoms with E-state index < -0.39 is 17.9 Å². The summed E-state index contributed by atoms with van der Waals surface area (Å²) in [7, 11) is 2.26. The third kappa shape index (κ3) is 3.39. The summed E-state index contributed by atoms with van der Waals surface area (Å²) in [4.78, 5) is 34.8. The molecular weight excluding hydrogens is 304 g/mol. The SMILES string of the molecule is COC(=O)C(=Cc1oc2ccccc2c1OC(C)=O)C(=O)OC. The number of carbonyl (C=O) groups is 3. The maximum absolute atomic E-state index is 11.7. The number of rotatable bonds is 4. The van der Waals surface area contributed by atoms with E-state index in [1.807, 2.05) is 0 Å². The number of benzene rings is 1. The van der Waals surface area contributed by atoms with Crippen LogP contribution in [0.5, 0.6) is 5.75 Å². The van der Waals surface area contributed by atoms with Crippen LogP contribution in [0.1, 0.15) is 12.7 Å². The lowest BCUT2D eigenvalue weighted by molar-refractivity contribution is -0.143. The molecule has 23 heavy (non-hydrogen) atoms. The van der Waals surface area contributed by atoms with Crippen molar-refractivity contribution in [2.45, 2.75) is 6.92 Å². The molecule has 1 aromatic carbocycles. The van der Waals surface area contributed by atoms with Crippen LogP contribution in [0.15, 0.2) is 34.3 Å². The first-order valence-electron chi connectivity index (χ1n) is 6.56. The topological polar surface area (TPSA) is 92.0 Å². The van der Waals surface area contributed by atoms with Crippen LogP contribution >= 0.6 is 0 Å². The molecule has 0 saturated heterocycles. The Bertz CT molecular complexity index is 780. The average Bonchev–Trinajstić information content (AvgIpc) is 2.88. The fraction of sp³-hybridized carbons (Fsp3) is 0.188. The number of carbonyl (C=O) groups excluding carboxylic acids is 3. The fourth-order valence-corrected chi connectivity index (χ4v) is 1.94. The van der Waals surface area contributed by atoms with Gasteiger partial charge in [-0.1, -0.05) is 12.1 Å². The van der Waals surface area contributed by atoms with Crippen LogP contribution in [-0.4, -0.2) is 32.1 Å². The summed E-state index contributed by atoms with van der Waals surface area (Å²) in [6.07, 6.45) is 1.12. The van der Waals surface area contributed by atoms with E-state index in [4.69, 9.17) is 9.15 Å². The number of hydrogen-bond donors (Lipinski definition) is 0. The first-order valence-corrected chi connectivity index (χ1v) is 6.56. The first-order chi connectivity index (χ1) is 11.0. The van der Waals surface area contributed by atoms with Crippen LogP contribution in [0.4, 0.5) is 0 Å². The van der Waals surface area contributed by atoms with Crippen LogP contribution in [0, 0.1) is 0 Å². The summed E-state index contributed by atoms with van der Waals surface area (Å²) in [5.41, 5.74) is 0.0477. The number of esters is 3. The molecule has 0 spiro atoms. The summed E-state index contributed by atoms with van der Waals surface area (Å²) >= 11 is 0. The Hall–Kier alpha value is -3.09. The van der Waals surface area contributed by atoms with Crippen molar-refractivity contribution in [3.8, 4) is 5.75 Å². The van der Waals surface area contributed by atoms with E-state index >= 15 is 0 Å². The van der Waals surface area contributed by atoms with Crippen molar-refractivity contribution in [1.82, 2.24) is 0 Å². The summed E-state index contributed by atoms with van der Waals surface area (Å²) in [5, 5.41) is 0.531. The number of hydrogen-bond acceptors (Lipinski definition) is 7. The zero-order valence-corrected chi connectivity index (χ0v) is 12.7. The van der Waals surface area contributed by atoms with Gasteiger partial charge in [0.05, 0.1) is 19.6 Å². The van der Waals surface area contributed by atoms with Gasteiger partial charge in [-0.15, -0.1) is 0 Å². The largest absolute Gasteiger partial charge is 0.465 e. The van der Waals surface area contributed by atoms with Gasteiger partial charge in [0.15, 0.2) is 11.5 Å². The van der Waals surface area contributed by atoms with Crippen molar-refractivity contribution >= 4 is 35.0 Å². The van der Waals surface area contributed by atoms with Gasteiger partial charge in [0.25, 0.3) is 0 Å². The molecule has 7 nitrogen and oxygen atoms in total. The van der Waals surface area contributed by atoms with Gasteiger partial charge in [-0.3, -0.25) is 4.79 Å². The Labute approximate surface area is 131 Å². The molecule has 120 valence electrons. The van der Waals surface area contributed by atoms with Crippen LogP contribution in [0.3, 0.4) is 0 Å². The lowest BCUT2D eigenvalue weighted by Gasteiger charge is -2.03. The Morgan fingerprint density at radius 1 is 1.04 bits per heavy atom. The molecule has 7 heteroatoms. The number of para-hydroxylation sites is 1. The Balaban J connectivity index is 2.64. The van der Waals surface area contributed by atoms with Crippen molar-refractivity contribution in [2.75, 3.05) is 14.2 Å². The number of furan rings is 1. The summed E-state index contributed by atoms with van der Waals surface area (Å²) in [5.74, 6) is -2.22. The molecule has 0 aliphatic rings. The quantitative estimate of drug-likeness (QED) is 0.369. The predicted octanol–water partition coefficient (Wildman–Crippen LogP) is 2.09. The van der Waals surface area contributed by atoms with E-state index in [2.05, 4.69) is 9.47 Å². The monoisotopic (exact) mass is 318 g/mol. The van der Waals surface area contributed by atoms with Crippen LogP contribution in [0.2, 0.25) is 0 Å². The molecule has 0 aliphatic heterocycles. The third-order valence-corrected chi connectivity index (χ3v) is 2.91. The van der Waals surface area contributed by atoms with Gasteiger partial charge in [-0.05, 0) is 12.1 Å². The highest BCUT2D eigenvalue weighted by Crippen LogP contribution is 2.34. The molecule has 0 fully saturated rings. The second kappa shape index (κ2) is 6.78. The highest BCUT2D eigenvalue weighted by Gasteiger charge is 2.23. The number of methoxy groups -OCH3 is 2. The maximum atomic E-state index is 11.7. The lowest BCUT2D eigenvalue weighted by atomic mass is 10.2. The van der Waals surface area contributed by atoms with E-state index in [-0.39, 0.29) is 17.1 Å². The molecule has 1 heterocycles. The maximum Gasteiger partial charge on any atom is 0.345 e. The fourth-order valence-electron chi connectivity index (χ4n) is 1.94. The van der Waals surface area contributed by atoms with E-state index in [0.29, 0.717) is 11.0 Å². The smallest absolute Gasteiger partial charge is 0.345 e. The van der Waals surface area contributed by atoms with Gasteiger partial charge in [0.2, 0.25) is 0 Å². The molecule has 0 radical (unpaired) electrons. The molecule has 0 amide bonds. The second-order valence-electron chi connectivity index (χ2n) is 4.43. The standard InChI is InChI=1S/C16H14O7/c1-9(17)22-14-10-6-4-5-7-12(10)23-13(14)8-11(15(18)20-2)16(19)21-3/h4-8H,1-3H3. The van der Waals surface area contributed by atoms with Gasteiger partial charge < -0.3 is 18.6 Å². The van der Waals surface area contributed by atoms with Crippen molar-refractivity contribution in [2.24, 2.45) is 0 Å². The summed E-state index contributed by atoms with van der Waals surface area (Å²) < 4.78 is 19.8. The Kier molecular flexibility index (Phi) is 4.80. The summed E-state index contributed by atoms with van der Waals surface area (Å²) in [6, 6.07) is 6.82. The number of ether oxygens (including phenoxy) is 3. The Morgan fingerprint density at radius 3 is 2.22 bits per heavy atom. The van der Waals surface area contributed by atoms with Crippen LogP contribution < -0.4 is 4.74 Å². The van der Waals surface area contributed by atoms with Gasteiger partial charge in [0.1, 0.15) is 11.2 Å². The van der Waals surface area contributed by atoms with Gasteiger partial charge in [-0.25, -0.2) is 9.59 Å². The minimum atomic E-state index is -0.897. The van der Waals surface area contributed by atoms with E-state index in [0.717, 1.165) is 20.3 Å². The van der Waals surface area contributed by atoms with Gasteiger partial charge in [-0.2, -0.15) is 0 Å². The number of fused-ring (bicyclic) bond motifs is 1. The molecule has 0 N–H and O–H groups in total. The van der Waals surface area contributed by atoms with Crippen LogP contribution in [0.25, 0.3) is 17.0 Å². The van der Waals surface area contributed by atoms with E-state index in [1.54, 1.807) is 24.3 Å². The second-order valence-corrected chi connectivity index (χ2v) is 4.43. The molecule has 2 aromatic rings. The van der Waals surface area contributed by atoms with E-state index in [9.17, 15) is 14.4 Å². The zero-order chi connectivity index (χ0) is 17.0. The van der Waals surface area contributed by atoms with Crippen molar-refractivity contribution in [3.63, 3.8) is 0 Å². The van der Waals surface area contributed by atoms with E-state index in [1.165, 1.54) is 6.92 Å². The zero-order valence-electron chi connectivity index (χ0n) is 12.7. The highest BCUT2D eigenvalue weighted by atomic mass is 16.5. The van der Waals surface area contributed by atoms with Gasteiger partial charge in [0, 0.05) is 13.0 Å². The third-order valence-electron chi connectivity index (χ3n) is 2.91. The molecule has 0 unspecified atom stereocenters. The van der Waals surface area contributed by atoms with Gasteiger partial charge >= 0.3 is 17.9 Å². The molecule has 0 bridgehead atoms. The first kappa shape index (κ1) is 16.3. The molecule has 0 saturated carbocycles. The molecule has 0 aliphatic carbocycles. The minimum absolute atomic E-state index is 0.0344. The van der Waals surface area contributed by atoms with Crippen LogP contribution in [-0.2, 0) is 23.9 Å². The average molecular weight is 318 g/mol. The van der Waals surface area contributed by atoms with Crippen molar-refractivity contribution < 1.29 is 33.0 Å². The van der Waals surface area contributed by atoms with Crippen molar-refractivity contribution in [1.29, 1.82) is 0 Å². The molecule has 1 aromatic heterocycles. The minimum Gasteiger partial charge on any atom is -0.465 e. The summed E-state index contributed by atoms with van der Waals surface area (Å²) in [6.45, 7) is 1.23. The normalized spacial score (nSPS) is 10.0. The molecular formula is C16H14O7. The molecule has 0 atom stereocenters. The molecule has 2 rings (SSSR count).